The fourth-order valence-electron chi connectivity index (χ4n) is 3.23. The van der Waals surface area contributed by atoms with Crippen molar-refractivity contribution in [3.8, 4) is 23.3 Å². The van der Waals surface area contributed by atoms with Crippen LogP contribution in [-0.2, 0) is 18.0 Å². The minimum absolute atomic E-state index is 0.0564. The van der Waals surface area contributed by atoms with Crippen LogP contribution in [0.4, 0.5) is 5.69 Å². The average molecular weight is 476 g/mol. The van der Waals surface area contributed by atoms with Gasteiger partial charge < -0.3 is 29.7 Å². The Hall–Kier alpha value is -4.39. The first-order valence-corrected chi connectivity index (χ1v) is 10.4. The molecule has 1 amide bonds. The van der Waals surface area contributed by atoms with E-state index in [9.17, 15) is 19.8 Å². The molecule has 0 spiro atoms. The normalized spacial score (nSPS) is 10.1. The van der Waals surface area contributed by atoms with Gasteiger partial charge in [0.2, 0.25) is 0 Å². The van der Waals surface area contributed by atoms with Gasteiger partial charge in [0.05, 0.1) is 40.2 Å². The van der Waals surface area contributed by atoms with E-state index in [0.717, 1.165) is 0 Å². The van der Waals surface area contributed by atoms with Crippen LogP contribution in [0.2, 0.25) is 0 Å². The Morgan fingerprint density at radius 3 is 2.23 bits per heavy atom. The van der Waals surface area contributed by atoms with Crippen LogP contribution in [0.5, 0.6) is 11.5 Å². The van der Waals surface area contributed by atoms with E-state index in [4.69, 9.17) is 9.47 Å². The van der Waals surface area contributed by atoms with Crippen LogP contribution in [-0.4, -0.2) is 48.4 Å². The lowest BCUT2D eigenvalue weighted by molar-refractivity contribution is 0.0593. The highest BCUT2D eigenvalue weighted by Gasteiger charge is 2.16. The molecule has 180 valence electrons. The number of aromatic nitrogens is 1. The molecule has 0 atom stereocenters. The van der Waals surface area contributed by atoms with Gasteiger partial charge in [0.1, 0.15) is 5.69 Å². The smallest absolute Gasteiger partial charge is 0.356 e. The number of methoxy groups -OCH3 is 3. The number of aliphatic hydroxyl groups excluding tert-OH is 2. The molecule has 1 aromatic heterocycles. The lowest BCUT2D eigenvalue weighted by Crippen LogP contribution is -2.13. The number of pyridine rings is 1. The van der Waals surface area contributed by atoms with Gasteiger partial charge in [-0.15, -0.1) is 0 Å². The van der Waals surface area contributed by atoms with Gasteiger partial charge in [0.15, 0.2) is 11.5 Å². The number of ether oxygens (including phenoxy) is 3. The first-order valence-electron chi connectivity index (χ1n) is 10.4. The zero-order valence-electron chi connectivity index (χ0n) is 19.4. The number of nitrogens with zero attached hydrogens (tertiary/aromatic N) is 1. The van der Waals surface area contributed by atoms with E-state index in [-0.39, 0.29) is 24.8 Å². The van der Waals surface area contributed by atoms with Crippen molar-refractivity contribution in [2.75, 3.05) is 26.6 Å². The topological polar surface area (TPSA) is 127 Å². The molecule has 0 bridgehead atoms. The summed E-state index contributed by atoms with van der Waals surface area (Å²) in [6, 6.07) is 13.0. The van der Waals surface area contributed by atoms with Crippen LogP contribution >= 0.6 is 0 Å². The predicted octanol–water partition coefficient (Wildman–Crippen LogP) is 2.52. The Labute approximate surface area is 202 Å². The molecule has 3 rings (SSSR count). The second-order valence-corrected chi connectivity index (χ2v) is 7.19. The number of anilines is 1. The minimum Gasteiger partial charge on any atom is -0.493 e. The first kappa shape index (κ1) is 25.2. The predicted molar refractivity (Wildman–Crippen MR) is 127 cm³/mol. The molecule has 0 aliphatic heterocycles. The lowest BCUT2D eigenvalue weighted by Gasteiger charge is -2.14. The summed E-state index contributed by atoms with van der Waals surface area (Å²) in [5.41, 5.74) is 2.79. The highest BCUT2D eigenvalue weighted by atomic mass is 16.5. The van der Waals surface area contributed by atoms with E-state index < -0.39 is 5.97 Å². The molecule has 2 aromatic carbocycles. The molecule has 0 aliphatic rings. The molecule has 3 N–H and O–H groups in total. The average Bonchev–Trinajstić information content (AvgIpc) is 2.90. The summed E-state index contributed by atoms with van der Waals surface area (Å²) in [6.07, 6.45) is 0. The highest BCUT2D eigenvalue weighted by Crippen LogP contribution is 2.33. The number of aliphatic hydroxyl groups is 2. The van der Waals surface area contributed by atoms with Crippen LogP contribution in [0.3, 0.4) is 0 Å². The van der Waals surface area contributed by atoms with Crippen molar-refractivity contribution in [2.45, 2.75) is 13.2 Å². The van der Waals surface area contributed by atoms with E-state index in [2.05, 4.69) is 26.9 Å². The number of nitrogens with one attached hydrogen (secondary N) is 1. The van der Waals surface area contributed by atoms with Crippen molar-refractivity contribution < 1.29 is 34.0 Å². The third kappa shape index (κ3) is 6.14. The van der Waals surface area contributed by atoms with E-state index in [0.29, 0.717) is 45.1 Å². The summed E-state index contributed by atoms with van der Waals surface area (Å²) in [7, 11) is 4.16. The molecule has 3 aromatic rings. The summed E-state index contributed by atoms with van der Waals surface area (Å²) in [5, 5.41) is 21.8. The van der Waals surface area contributed by atoms with Gasteiger partial charge in [0.25, 0.3) is 5.91 Å². The van der Waals surface area contributed by atoms with Crippen molar-refractivity contribution in [3.63, 3.8) is 0 Å². The molecule has 35 heavy (non-hydrogen) atoms. The Kier molecular flexibility index (Phi) is 8.40. The summed E-state index contributed by atoms with van der Waals surface area (Å²) < 4.78 is 15.2. The van der Waals surface area contributed by atoms with E-state index in [1.807, 2.05) is 0 Å². The summed E-state index contributed by atoms with van der Waals surface area (Å²) in [4.78, 5) is 28.5. The molecule has 0 saturated carbocycles. The van der Waals surface area contributed by atoms with E-state index in [1.54, 1.807) is 30.3 Å². The quantitative estimate of drug-likeness (QED) is 0.351. The lowest BCUT2D eigenvalue weighted by atomic mass is 10.1. The monoisotopic (exact) mass is 476 g/mol. The number of hydrogen-bond donors (Lipinski definition) is 3. The Bertz CT molecular complexity index is 1270. The Balaban J connectivity index is 1.77. The van der Waals surface area contributed by atoms with Crippen LogP contribution in [0.15, 0.2) is 48.5 Å². The van der Waals surface area contributed by atoms with Crippen molar-refractivity contribution in [3.05, 3.63) is 82.2 Å². The van der Waals surface area contributed by atoms with Gasteiger partial charge in [-0.3, -0.25) is 4.79 Å². The maximum absolute atomic E-state index is 12.7. The zero-order chi connectivity index (χ0) is 25.4. The second-order valence-electron chi connectivity index (χ2n) is 7.19. The molecular formula is C26H24N2O7. The van der Waals surface area contributed by atoms with Gasteiger partial charge in [-0.05, 0) is 48.5 Å². The van der Waals surface area contributed by atoms with Crippen LogP contribution in [0.1, 0.15) is 43.2 Å². The Morgan fingerprint density at radius 2 is 1.63 bits per heavy atom. The fraction of sp³-hybridized carbons (Fsp3) is 0.192. The molecule has 0 saturated heterocycles. The molecule has 0 aliphatic carbocycles. The van der Waals surface area contributed by atoms with Crippen molar-refractivity contribution in [1.82, 2.24) is 4.98 Å². The van der Waals surface area contributed by atoms with E-state index >= 15 is 0 Å². The number of esters is 1. The summed E-state index contributed by atoms with van der Waals surface area (Å²) in [6.45, 7) is -0.653. The third-order valence-corrected chi connectivity index (χ3v) is 4.92. The van der Waals surface area contributed by atoms with Crippen LogP contribution in [0.25, 0.3) is 0 Å². The SMILES string of the molecule is COC(=O)c1cc(C#Cc2ccc(NC(=O)c3cc(CO)c(OC)c(OC)c3)cc2)cc(CO)n1. The zero-order valence-corrected chi connectivity index (χ0v) is 19.4. The number of carbonyl (C=O) groups excluding carboxylic acids is 2. The van der Waals surface area contributed by atoms with Gasteiger partial charge in [-0.2, -0.15) is 0 Å². The van der Waals surface area contributed by atoms with Crippen molar-refractivity contribution in [1.29, 1.82) is 0 Å². The second kappa shape index (κ2) is 11.7. The number of rotatable bonds is 7. The largest absolute Gasteiger partial charge is 0.493 e. The summed E-state index contributed by atoms with van der Waals surface area (Å²) in [5.74, 6) is 5.60. The molecule has 1 heterocycles. The minimum atomic E-state index is -0.621. The number of carbonyl (C=O) groups is 2. The molecule has 9 heteroatoms. The standard InChI is InChI=1S/C26H24N2O7/c1-33-23-13-18(12-19(14-29)24(23)34-2)25(31)28-20-8-6-16(7-9-20)4-5-17-10-21(15-30)27-22(11-17)26(32)35-3/h6-13,29-30H,14-15H2,1-3H3,(H,28,31). The maximum Gasteiger partial charge on any atom is 0.356 e. The van der Waals surface area contributed by atoms with Crippen LogP contribution < -0.4 is 14.8 Å². The molecular weight excluding hydrogens is 452 g/mol. The van der Waals surface area contributed by atoms with Crippen molar-refractivity contribution in [2.24, 2.45) is 0 Å². The summed E-state index contributed by atoms with van der Waals surface area (Å²) >= 11 is 0. The van der Waals surface area contributed by atoms with Gasteiger partial charge >= 0.3 is 5.97 Å². The number of amides is 1. The van der Waals surface area contributed by atoms with Gasteiger partial charge in [0, 0.05) is 27.9 Å². The fourth-order valence-corrected chi connectivity index (χ4v) is 3.23. The van der Waals surface area contributed by atoms with Crippen LogP contribution in [0, 0.1) is 11.8 Å². The molecule has 9 nitrogen and oxygen atoms in total. The molecule has 0 unspecified atom stereocenters. The van der Waals surface area contributed by atoms with E-state index in [1.165, 1.54) is 39.5 Å². The maximum atomic E-state index is 12.7. The number of benzene rings is 2. The molecule has 0 fully saturated rings. The molecule has 0 radical (unpaired) electrons. The third-order valence-electron chi connectivity index (χ3n) is 4.92. The van der Waals surface area contributed by atoms with Gasteiger partial charge in [-0.25, -0.2) is 9.78 Å². The van der Waals surface area contributed by atoms with Crippen molar-refractivity contribution >= 4 is 17.6 Å². The highest BCUT2D eigenvalue weighted by molar-refractivity contribution is 6.05. The Morgan fingerprint density at radius 1 is 0.914 bits per heavy atom. The van der Waals surface area contributed by atoms with Gasteiger partial charge in [-0.1, -0.05) is 11.8 Å². The number of hydrogen-bond acceptors (Lipinski definition) is 8. The first-order chi connectivity index (χ1) is 16.9.